The fourth-order valence-corrected chi connectivity index (χ4v) is 12.3. The molecule has 0 saturated heterocycles. The summed E-state index contributed by atoms with van der Waals surface area (Å²) in [4.78, 5) is 15.5. The molecule has 81 heavy (non-hydrogen) atoms. The van der Waals surface area contributed by atoms with Crippen molar-refractivity contribution in [3.05, 3.63) is 291 Å². The molecular weight excluding hydrogens is 985 g/mol. The van der Waals surface area contributed by atoms with Gasteiger partial charge in [-0.1, -0.05) is 200 Å². The molecule has 6 heteroatoms. The standard InChI is InChI=1S/C75H48N6/c1-4-18-49(19-5-1)54-38-41-72-64(46-54)62-29-12-15-33-69(62)81(72)60-27-17-23-57(45-60)75-77-73(51-20-6-2-7-21-51)76-74(78-75)52-36-34-50(35-37-52)55-39-42-71-65(47-55)63-30-11-14-32-68(63)80(71)59-26-16-22-53(44-59)56-40-43-70-66(48-56)61-28-10-13-31-67(61)79(70)58-24-8-3-9-25-58/h1-48H. The average Bonchev–Trinajstić information content (AvgIpc) is 4.39. The first-order valence-corrected chi connectivity index (χ1v) is 27.5. The molecule has 0 radical (unpaired) electrons. The molecule has 4 heterocycles. The minimum Gasteiger partial charge on any atom is -0.309 e. The van der Waals surface area contributed by atoms with Gasteiger partial charge in [0.15, 0.2) is 17.5 Å². The highest BCUT2D eigenvalue weighted by Crippen LogP contribution is 2.40. The summed E-state index contributed by atoms with van der Waals surface area (Å²) in [6.45, 7) is 0. The van der Waals surface area contributed by atoms with Crippen LogP contribution in [0.1, 0.15) is 0 Å². The van der Waals surface area contributed by atoms with E-state index >= 15 is 0 Å². The second kappa shape index (κ2) is 18.9. The maximum atomic E-state index is 5.23. The van der Waals surface area contributed by atoms with Crippen LogP contribution in [0.3, 0.4) is 0 Å². The lowest BCUT2D eigenvalue weighted by Gasteiger charge is -2.12. The summed E-state index contributed by atoms with van der Waals surface area (Å²) in [6.07, 6.45) is 0. The van der Waals surface area contributed by atoms with Crippen LogP contribution in [-0.4, -0.2) is 28.7 Å². The molecule has 12 aromatic carbocycles. The number of rotatable bonds is 9. The summed E-state index contributed by atoms with van der Waals surface area (Å²) >= 11 is 0. The van der Waals surface area contributed by atoms with Crippen molar-refractivity contribution in [3.63, 3.8) is 0 Å². The Morgan fingerprint density at radius 1 is 0.173 bits per heavy atom. The fourth-order valence-electron chi connectivity index (χ4n) is 12.3. The number of para-hydroxylation sites is 4. The summed E-state index contributed by atoms with van der Waals surface area (Å²) < 4.78 is 7.13. The summed E-state index contributed by atoms with van der Waals surface area (Å²) in [6, 6.07) is 104. The van der Waals surface area contributed by atoms with Gasteiger partial charge in [-0.25, -0.2) is 15.0 Å². The van der Waals surface area contributed by atoms with Crippen LogP contribution < -0.4 is 0 Å². The van der Waals surface area contributed by atoms with Crippen molar-refractivity contribution in [1.82, 2.24) is 28.7 Å². The molecule has 0 bridgehead atoms. The Morgan fingerprint density at radius 3 is 0.951 bits per heavy atom. The largest absolute Gasteiger partial charge is 0.309 e. The Hall–Kier alpha value is -11.0. The van der Waals surface area contributed by atoms with Crippen LogP contribution in [0.4, 0.5) is 0 Å². The highest BCUT2D eigenvalue weighted by Gasteiger charge is 2.19. The lowest BCUT2D eigenvalue weighted by molar-refractivity contribution is 1.07. The first kappa shape index (κ1) is 46.2. The molecule has 0 amide bonds. The van der Waals surface area contributed by atoms with Crippen LogP contribution in [0.5, 0.6) is 0 Å². The normalized spacial score (nSPS) is 11.7. The van der Waals surface area contributed by atoms with Crippen LogP contribution >= 0.6 is 0 Å². The predicted molar refractivity (Wildman–Crippen MR) is 335 cm³/mol. The van der Waals surface area contributed by atoms with Crippen molar-refractivity contribution in [2.45, 2.75) is 0 Å². The first-order chi connectivity index (χ1) is 40.1. The molecule has 4 aromatic heterocycles. The van der Waals surface area contributed by atoms with Gasteiger partial charge in [0.1, 0.15) is 0 Å². The van der Waals surface area contributed by atoms with Crippen LogP contribution in [0.2, 0.25) is 0 Å². The third-order valence-electron chi connectivity index (χ3n) is 16.1. The van der Waals surface area contributed by atoms with Crippen molar-refractivity contribution in [2.75, 3.05) is 0 Å². The lowest BCUT2D eigenvalue weighted by Crippen LogP contribution is -2.01. The highest BCUT2D eigenvalue weighted by molar-refractivity contribution is 6.13. The third kappa shape index (κ3) is 7.83. The van der Waals surface area contributed by atoms with Gasteiger partial charge in [-0.15, -0.1) is 0 Å². The first-order valence-electron chi connectivity index (χ1n) is 27.5. The zero-order valence-electron chi connectivity index (χ0n) is 43.9. The minimum absolute atomic E-state index is 0.609. The molecule has 0 unspecified atom stereocenters. The Morgan fingerprint density at radius 2 is 0.457 bits per heavy atom. The molecule has 0 spiro atoms. The van der Waals surface area contributed by atoms with Gasteiger partial charge in [0.25, 0.3) is 0 Å². The summed E-state index contributed by atoms with van der Waals surface area (Å²) in [5, 5.41) is 7.29. The molecular formula is C75H48N6. The molecule has 0 aliphatic heterocycles. The molecule has 16 rings (SSSR count). The Bertz CT molecular complexity index is 5090. The topological polar surface area (TPSA) is 53.5 Å². The summed E-state index contributed by atoms with van der Waals surface area (Å²) in [7, 11) is 0. The van der Waals surface area contributed by atoms with Crippen molar-refractivity contribution >= 4 is 65.4 Å². The van der Waals surface area contributed by atoms with Gasteiger partial charge in [0.2, 0.25) is 0 Å². The third-order valence-corrected chi connectivity index (χ3v) is 16.1. The van der Waals surface area contributed by atoms with Gasteiger partial charge >= 0.3 is 0 Å². The zero-order valence-corrected chi connectivity index (χ0v) is 43.9. The maximum absolute atomic E-state index is 5.23. The van der Waals surface area contributed by atoms with Crippen LogP contribution in [-0.2, 0) is 0 Å². The van der Waals surface area contributed by atoms with E-state index in [0.717, 1.165) is 66.9 Å². The highest BCUT2D eigenvalue weighted by atomic mass is 15.0. The van der Waals surface area contributed by atoms with Gasteiger partial charge in [-0.2, -0.15) is 0 Å². The number of hydrogen-bond acceptors (Lipinski definition) is 3. The number of benzene rings is 12. The van der Waals surface area contributed by atoms with Gasteiger partial charge < -0.3 is 13.7 Å². The van der Waals surface area contributed by atoms with E-state index < -0.39 is 0 Å². The van der Waals surface area contributed by atoms with Crippen molar-refractivity contribution < 1.29 is 0 Å². The SMILES string of the molecule is c1ccc(-c2ccc3c(c2)c2ccccc2n3-c2cccc(-c3nc(-c4ccccc4)nc(-c4ccc(-c5ccc6c(c5)c5ccccc5n6-c5cccc(-c6ccc7c(c6)c6ccccc6n7-c6ccccc6)c5)cc4)n3)c2)cc1. The van der Waals surface area contributed by atoms with E-state index in [1.54, 1.807) is 0 Å². The molecule has 0 aliphatic rings. The Kier molecular flexibility index (Phi) is 10.8. The summed E-state index contributed by atoms with van der Waals surface area (Å²) in [5.41, 5.74) is 20.0. The quantitative estimate of drug-likeness (QED) is 0.145. The molecule has 0 saturated carbocycles. The second-order valence-electron chi connectivity index (χ2n) is 20.8. The van der Waals surface area contributed by atoms with Crippen molar-refractivity contribution in [1.29, 1.82) is 0 Å². The van der Waals surface area contributed by atoms with E-state index in [2.05, 4.69) is 287 Å². The van der Waals surface area contributed by atoms with Crippen LogP contribution in [0, 0.1) is 0 Å². The van der Waals surface area contributed by atoms with E-state index in [1.807, 2.05) is 18.2 Å². The van der Waals surface area contributed by atoms with E-state index in [4.69, 9.17) is 15.0 Å². The van der Waals surface area contributed by atoms with E-state index in [1.165, 1.54) is 65.6 Å². The van der Waals surface area contributed by atoms with Crippen LogP contribution in [0.15, 0.2) is 291 Å². The fraction of sp³-hybridized carbons (Fsp3) is 0. The Labute approximate surface area is 467 Å². The van der Waals surface area contributed by atoms with Gasteiger partial charge in [-0.05, 0) is 124 Å². The molecule has 378 valence electrons. The molecule has 0 atom stereocenters. The second-order valence-corrected chi connectivity index (χ2v) is 20.8. The molecule has 0 aliphatic carbocycles. The average molecular weight is 1030 g/mol. The number of nitrogens with zero attached hydrogens (tertiary/aromatic N) is 6. The van der Waals surface area contributed by atoms with Gasteiger partial charge in [0, 0.05) is 66.1 Å². The molecule has 16 aromatic rings. The number of hydrogen-bond donors (Lipinski definition) is 0. The van der Waals surface area contributed by atoms with E-state index in [-0.39, 0.29) is 0 Å². The molecule has 0 fully saturated rings. The number of fused-ring (bicyclic) bond motifs is 9. The van der Waals surface area contributed by atoms with E-state index in [9.17, 15) is 0 Å². The molecule has 0 N–H and O–H groups in total. The minimum atomic E-state index is 0.609. The smallest absolute Gasteiger partial charge is 0.164 e. The Balaban J connectivity index is 0.746. The summed E-state index contributed by atoms with van der Waals surface area (Å²) in [5.74, 6) is 1.84. The van der Waals surface area contributed by atoms with Crippen molar-refractivity contribution in [3.8, 4) is 84.6 Å². The van der Waals surface area contributed by atoms with Gasteiger partial charge in [0.05, 0.1) is 33.1 Å². The van der Waals surface area contributed by atoms with Gasteiger partial charge in [-0.3, -0.25) is 0 Å². The lowest BCUT2D eigenvalue weighted by atomic mass is 10.0. The zero-order chi connectivity index (χ0) is 53.4. The number of aromatic nitrogens is 6. The van der Waals surface area contributed by atoms with E-state index in [0.29, 0.717) is 17.5 Å². The molecule has 6 nitrogen and oxygen atoms in total. The monoisotopic (exact) mass is 1030 g/mol. The maximum Gasteiger partial charge on any atom is 0.164 e. The van der Waals surface area contributed by atoms with Crippen molar-refractivity contribution in [2.24, 2.45) is 0 Å². The van der Waals surface area contributed by atoms with Crippen LogP contribution in [0.25, 0.3) is 150 Å². The predicted octanol–water partition coefficient (Wildman–Crippen LogP) is 19.2.